The van der Waals surface area contributed by atoms with Crippen molar-refractivity contribution in [2.45, 2.75) is 39.8 Å². The molecule has 1 N–H and O–H groups in total. The summed E-state index contributed by atoms with van der Waals surface area (Å²) in [6.45, 7) is 7.00. The van der Waals surface area contributed by atoms with Gasteiger partial charge in [-0.15, -0.1) is 0 Å². The number of rotatable bonds is 4. The quantitative estimate of drug-likeness (QED) is 0.694. The molecule has 0 aromatic heterocycles. The largest absolute Gasteiger partial charge is 0.461 e. The summed E-state index contributed by atoms with van der Waals surface area (Å²) in [4.78, 5) is 22.1. The molecule has 5 nitrogen and oxygen atoms in total. The van der Waals surface area contributed by atoms with Gasteiger partial charge in [0.1, 0.15) is 6.04 Å². The Morgan fingerprint density at radius 2 is 1.86 bits per heavy atom. The molecule has 0 bridgehead atoms. The van der Waals surface area contributed by atoms with Crippen molar-refractivity contribution in [2.24, 2.45) is 0 Å². The molecule has 0 saturated carbocycles. The van der Waals surface area contributed by atoms with Crippen LogP contribution in [0, 0.1) is 0 Å². The summed E-state index contributed by atoms with van der Waals surface area (Å²) < 4.78 is 9.49. The van der Waals surface area contributed by atoms with E-state index in [1.165, 1.54) is 0 Å². The summed E-state index contributed by atoms with van der Waals surface area (Å²) in [7, 11) is 0. The number of nitrogens with one attached hydrogen (secondary N) is 1. The molecule has 5 heteroatoms. The molecule has 0 fully saturated rings. The summed E-state index contributed by atoms with van der Waals surface area (Å²) in [5, 5.41) is 2.35. The molecular weight excluding hydrogens is 186 g/mol. The lowest BCUT2D eigenvalue weighted by Crippen LogP contribution is -2.40. The second-order valence-electron chi connectivity index (χ2n) is 3.07. The average molecular weight is 203 g/mol. The van der Waals surface area contributed by atoms with E-state index in [9.17, 15) is 9.59 Å². The molecule has 1 atom stereocenters. The number of ether oxygens (including phenoxy) is 2. The Hall–Kier alpha value is -1.26. The molecule has 0 heterocycles. The molecule has 0 unspecified atom stereocenters. The third-order valence-electron chi connectivity index (χ3n) is 1.32. The van der Waals surface area contributed by atoms with Crippen molar-refractivity contribution in [2.75, 3.05) is 6.61 Å². The zero-order chi connectivity index (χ0) is 11.1. The Morgan fingerprint density at radius 3 is 2.29 bits per heavy atom. The third-order valence-corrected chi connectivity index (χ3v) is 1.32. The minimum atomic E-state index is -0.684. The number of hydrogen-bond donors (Lipinski definition) is 1. The van der Waals surface area contributed by atoms with Crippen molar-refractivity contribution in [1.29, 1.82) is 0 Å². The van der Waals surface area contributed by atoms with Crippen LogP contribution in [0.1, 0.15) is 27.7 Å². The number of carbonyl (C=O) groups is 2. The summed E-state index contributed by atoms with van der Waals surface area (Å²) in [6, 6.07) is -0.684. The van der Waals surface area contributed by atoms with E-state index >= 15 is 0 Å². The third kappa shape index (κ3) is 5.40. The minimum absolute atomic E-state index is 0.186. The minimum Gasteiger partial charge on any atom is -0.461 e. The Morgan fingerprint density at radius 1 is 1.29 bits per heavy atom. The first-order chi connectivity index (χ1) is 6.47. The fourth-order valence-corrected chi connectivity index (χ4v) is 0.743. The first-order valence-corrected chi connectivity index (χ1v) is 4.61. The van der Waals surface area contributed by atoms with Gasteiger partial charge in [0.2, 0.25) is 0 Å². The summed E-state index contributed by atoms with van der Waals surface area (Å²) in [5.41, 5.74) is 0. The monoisotopic (exact) mass is 203 g/mol. The van der Waals surface area contributed by atoms with Gasteiger partial charge in [-0.2, -0.15) is 0 Å². The van der Waals surface area contributed by atoms with E-state index in [0.717, 1.165) is 0 Å². The Kier molecular flexibility index (Phi) is 5.67. The first-order valence-electron chi connectivity index (χ1n) is 4.61. The molecule has 0 aliphatic heterocycles. The Bertz CT molecular complexity index is 203. The van der Waals surface area contributed by atoms with Crippen molar-refractivity contribution in [3.05, 3.63) is 0 Å². The van der Waals surface area contributed by atoms with Crippen LogP contribution in [0.2, 0.25) is 0 Å². The van der Waals surface area contributed by atoms with Crippen LogP contribution in [0.5, 0.6) is 0 Å². The van der Waals surface area contributed by atoms with Gasteiger partial charge in [0.25, 0.3) is 0 Å². The topological polar surface area (TPSA) is 64.6 Å². The molecule has 0 aliphatic carbocycles. The summed E-state index contributed by atoms with van der Waals surface area (Å²) in [5.74, 6) is -0.465. The van der Waals surface area contributed by atoms with Crippen LogP contribution in [-0.4, -0.2) is 30.8 Å². The van der Waals surface area contributed by atoms with Gasteiger partial charge in [0.05, 0.1) is 12.7 Å². The number of esters is 1. The molecule has 0 spiro atoms. The molecule has 14 heavy (non-hydrogen) atoms. The second kappa shape index (κ2) is 6.23. The van der Waals surface area contributed by atoms with Crippen molar-refractivity contribution in [3.63, 3.8) is 0 Å². The lowest BCUT2D eigenvalue weighted by molar-refractivity contribution is -0.149. The van der Waals surface area contributed by atoms with Gasteiger partial charge in [-0.05, 0) is 27.7 Å². The highest BCUT2D eigenvalue weighted by Crippen LogP contribution is 1.94. The molecule has 0 aliphatic rings. The van der Waals surface area contributed by atoms with Crippen molar-refractivity contribution < 1.29 is 19.1 Å². The predicted octanol–water partition coefficient (Wildman–Crippen LogP) is 1.07. The van der Waals surface area contributed by atoms with Crippen molar-refractivity contribution in [3.8, 4) is 0 Å². The molecule has 0 aromatic carbocycles. The van der Waals surface area contributed by atoms with E-state index in [0.29, 0.717) is 0 Å². The molecule has 82 valence electrons. The smallest absolute Gasteiger partial charge is 0.407 e. The maximum absolute atomic E-state index is 11.2. The fourth-order valence-electron chi connectivity index (χ4n) is 0.743. The Labute approximate surface area is 83.8 Å². The first kappa shape index (κ1) is 12.7. The van der Waals surface area contributed by atoms with E-state index in [1.807, 2.05) is 0 Å². The SMILES string of the molecule is CCOC(=O)N[C@H](C)C(=O)OC(C)C. The Balaban J connectivity index is 3.88. The van der Waals surface area contributed by atoms with E-state index in [2.05, 4.69) is 10.1 Å². The van der Waals surface area contributed by atoms with Gasteiger partial charge in [-0.25, -0.2) is 9.59 Å². The molecular formula is C9H17NO4. The molecule has 0 rings (SSSR count). The van der Waals surface area contributed by atoms with Crippen LogP contribution < -0.4 is 5.32 Å². The van der Waals surface area contributed by atoms with Gasteiger partial charge in [-0.1, -0.05) is 0 Å². The van der Waals surface area contributed by atoms with Gasteiger partial charge in [-0.3, -0.25) is 0 Å². The fraction of sp³-hybridized carbons (Fsp3) is 0.778. The van der Waals surface area contributed by atoms with Crippen molar-refractivity contribution in [1.82, 2.24) is 5.32 Å². The number of amides is 1. The van der Waals surface area contributed by atoms with Gasteiger partial charge >= 0.3 is 12.1 Å². The molecule has 1 amide bonds. The van der Waals surface area contributed by atoms with Crippen molar-refractivity contribution >= 4 is 12.1 Å². The number of hydrogen-bond acceptors (Lipinski definition) is 4. The van der Waals surface area contributed by atoms with E-state index in [-0.39, 0.29) is 12.7 Å². The lowest BCUT2D eigenvalue weighted by atomic mass is 10.3. The van der Waals surface area contributed by atoms with Crippen LogP contribution in [0.25, 0.3) is 0 Å². The maximum atomic E-state index is 11.2. The second-order valence-corrected chi connectivity index (χ2v) is 3.07. The summed E-state index contributed by atoms with van der Waals surface area (Å²) in [6.07, 6.45) is -0.797. The van der Waals surface area contributed by atoms with Crippen LogP contribution in [-0.2, 0) is 14.3 Å². The normalized spacial score (nSPS) is 12.1. The highest BCUT2D eigenvalue weighted by atomic mass is 16.6. The van der Waals surface area contributed by atoms with Gasteiger partial charge in [0, 0.05) is 0 Å². The highest BCUT2D eigenvalue weighted by Gasteiger charge is 2.18. The van der Waals surface area contributed by atoms with Crippen LogP contribution in [0.15, 0.2) is 0 Å². The number of carbonyl (C=O) groups excluding carboxylic acids is 2. The molecule has 0 radical (unpaired) electrons. The van der Waals surface area contributed by atoms with E-state index in [4.69, 9.17) is 4.74 Å². The van der Waals surface area contributed by atoms with E-state index in [1.54, 1.807) is 27.7 Å². The molecule has 0 aromatic rings. The van der Waals surface area contributed by atoms with Gasteiger partial charge < -0.3 is 14.8 Å². The van der Waals surface area contributed by atoms with Crippen LogP contribution in [0.4, 0.5) is 4.79 Å². The van der Waals surface area contributed by atoms with E-state index < -0.39 is 18.1 Å². The van der Waals surface area contributed by atoms with Crippen LogP contribution in [0.3, 0.4) is 0 Å². The lowest BCUT2D eigenvalue weighted by Gasteiger charge is -2.14. The van der Waals surface area contributed by atoms with Crippen LogP contribution >= 0.6 is 0 Å². The predicted molar refractivity (Wildman–Crippen MR) is 50.8 cm³/mol. The highest BCUT2D eigenvalue weighted by molar-refractivity contribution is 5.80. The maximum Gasteiger partial charge on any atom is 0.407 e. The number of alkyl carbamates (subject to hydrolysis) is 1. The summed E-state index contributed by atoms with van der Waals surface area (Å²) >= 11 is 0. The zero-order valence-electron chi connectivity index (χ0n) is 8.99. The molecule has 0 saturated heterocycles. The standard InChI is InChI=1S/C9H17NO4/c1-5-13-9(12)10-7(4)8(11)14-6(2)3/h6-7H,5H2,1-4H3,(H,10,12)/t7-/m1/s1. The van der Waals surface area contributed by atoms with Gasteiger partial charge in [0.15, 0.2) is 0 Å². The zero-order valence-corrected chi connectivity index (χ0v) is 8.99. The average Bonchev–Trinajstić information content (AvgIpc) is 2.02.